The molecule has 0 N–H and O–H groups in total. The molecule has 0 aliphatic rings. The van der Waals surface area contributed by atoms with Crippen LogP contribution >= 0.6 is 0 Å². The molecule has 36 heavy (non-hydrogen) atoms. The lowest BCUT2D eigenvalue weighted by atomic mass is 9.97. The molecule has 0 radical (unpaired) electrons. The fourth-order valence-electron chi connectivity index (χ4n) is 3.19. The third-order valence-corrected chi connectivity index (χ3v) is 12.1. The highest BCUT2D eigenvalue weighted by atomic mass is 32.2. The Morgan fingerprint density at radius 1 is 1.19 bits per heavy atom. The average Bonchev–Trinajstić information content (AvgIpc) is 2.75. The molecule has 0 aliphatic carbocycles. The van der Waals surface area contributed by atoms with Crippen LogP contribution in [0.4, 0.5) is 10.3 Å². The van der Waals surface area contributed by atoms with Gasteiger partial charge in [-0.25, -0.2) is 27.1 Å². The maximum Gasteiger partial charge on any atom is 0.239 e. The fraction of sp³-hybridized carbons (Fsp3) is 0.500. The van der Waals surface area contributed by atoms with Gasteiger partial charge in [-0.15, -0.1) is 0 Å². The maximum atomic E-state index is 13.7. The van der Waals surface area contributed by atoms with E-state index in [-0.39, 0.29) is 29.1 Å². The second-order valence-corrected chi connectivity index (χ2v) is 17.5. The number of nitrogens with zero attached hydrogens (tertiary/aromatic N) is 4. The first-order chi connectivity index (χ1) is 16.5. The molecule has 1 heterocycles. The van der Waals surface area contributed by atoms with Crippen LogP contribution < -0.4 is 4.31 Å². The highest BCUT2D eigenvalue weighted by Crippen LogP contribution is 2.38. The molecule has 0 saturated carbocycles. The van der Waals surface area contributed by atoms with Gasteiger partial charge in [0.25, 0.3) is 0 Å². The summed E-state index contributed by atoms with van der Waals surface area (Å²) in [6.07, 6.45) is 4.52. The molecule has 1 atom stereocenters. The summed E-state index contributed by atoms with van der Waals surface area (Å²) in [6.45, 7) is 14.6. The van der Waals surface area contributed by atoms with Crippen molar-refractivity contribution in [2.45, 2.75) is 71.2 Å². The Bertz CT molecular complexity index is 1250. The van der Waals surface area contributed by atoms with Crippen LogP contribution in [0.3, 0.4) is 0 Å². The summed E-state index contributed by atoms with van der Waals surface area (Å²) in [5, 5.41) is 9.41. The summed E-state index contributed by atoms with van der Waals surface area (Å²) < 4.78 is 45.7. The zero-order valence-corrected chi connectivity index (χ0v) is 24.4. The predicted octanol–water partition coefficient (Wildman–Crippen LogP) is 6.12. The van der Waals surface area contributed by atoms with Crippen molar-refractivity contribution >= 4 is 30.4 Å². The molecule has 1 aromatic heterocycles. The lowest BCUT2D eigenvalue weighted by Crippen LogP contribution is -2.43. The van der Waals surface area contributed by atoms with E-state index in [0.29, 0.717) is 22.5 Å². The summed E-state index contributed by atoms with van der Waals surface area (Å²) in [5.41, 5.74) is 2.39. The van der Waals surface area contributed by atoms with E-state index in [2.05, 4.69) is 49.9 Å². The van der Waals surface area contributed by atoms with Crippen molar-refractivity contribution in [1.29, 1.82) is 5.26 Å². The number of nitriles is 1. The smallest absolute Gasteiger partial charge is 0.239 e. The maximum absolute atomic E-state index is 13.7. The summed E-state index contributed by atoms with van der Waals surface area (Å²) in [5.74, 6) is -0.433. The lowest BCUT2D eigenvalue weighted by Gasteiger charge is -2.38. The molecule has 0 saturated heterocycles. The van der Waals surface area contributed by atoms with Gasteiger partial charge in [-0.2, -0.15) is 5.26 Å². The van der Waals surface area contributed by atoms with Gasteiger partial charge in [-0.05, 0) is 48.3 Å². The predicted molar refractivity (Wildman–Crippen MR) is 146 cm³/mol. The zero-order chi connectivity index (χ0) is 27.5. The molecular weight excluding hydrogens is 495 g/mol. The molecule has 2 rings (SSSR count). The molecule has 7 nitrogen and oxygen atoms in total. The Morgan fingerprint density at radius 3 is 2.25 bits per heavy atom. The number of aromatic nitrogens is 2. The number of rotatable bonds is 9. The second kappa shape index (κ2) is 11.2. The van der Waals surface area contributed by atoms with Crippen LogP contribution in [-0.2, 0) is 14.4 Å². The molecule has 0 fully saturated rings. The first-order valence-electron chi connectivity index (χ1n) is 11.8. The molecule has 0 amide bonds. The zero-order valence-electron chi connectivity index (χ0n) is 22.6. The van der Waals surface area contributed by atoms with E-state index in [0.717, 1.165) is 10.6 Å². The van der Waals surface area contributed by atoms with Gasteiger partial charge in [0.2, 0.25) is 16.0 Å². The van der Waals surface area contributed by atoms with Crippen molar-refractivity contribution in [1.82, 2.24) is 9.97 Å². The Labute approximate surface area is 216 Å². The molecule has 0 unspecified atom stereocenters. The van der Waals surface area contributed by atoms with E-state index in [1.807, 2.05) is 26.0 Å². The van der Waals surface area contributed by atoms with Gasteiger partial charge in [0.1, 0.15) is 5.82 Å². The fourth-order valence-corrected chi connectivity index (χ4v) is 4.84. The number of anilines is 1. The summed E-state index contributed by atoms with van der Waals surface area (Å²) in [4.78, 5) is 9.18. The largest absolute Gasteiger partial charge is 0.409 e. The number of benzene rings is 1. The number of hydrogen-bond donors (Lipinski definition) is 0. The summed E-state index contributed by atoms with van der Waals surface area (Å²) >= 11 is 0. The van der Waals surface area contributed by atoms with Crippen molar-refractivity contribution in [2.24, 2.45) is 0 Å². The number of halogens is 1. The second-order valence-electron chi connectivity index (χ2n) is 10.7. The Kier molecular flexibility index (Phi) is 9.21. The van der Waals surface area contributed by atoms with E-state index < -0.39 is 24.4 Å². The van der Waals surface area contributed by atoms with Gasteiger partial charge in [0.15, 0.2) is 8.32 Å². The number of sulfonamides is 1. The topological polar surface area (TPSA) is 96.2 Å². The minimum Gasteiger partial charge on any atom is -0.409 e. The minimum absolute atomic E-state index is 0.0299. The van der Waals surface area contributed by atoms with Gasteiger partial charge >= 0.3 is 0 Å². The monoisotopic (exact) mass is 532 g/mol. The van der Waals surface area contributed by atoms with Crippen LogP contribution in [-0.4, -0.2) is 46.1 Å². The van der Waals surface area contributed by atoms with Crippen molar-refractivity contribution in [3.8, 4) is 17.3 Å². The van der Waals surface area contributed by atoms with Crippen LogP contribution in [0.25, 0.3) is 17.3 Å². The third-order valence-electron chi connectivity index (χ3n) is 6.43. The van der Waals surface area contributed by atoms with Crippen molar-refractivity contribution in [3.05, 3.63) is 47.4 Å². The van der Waals surface area contributed by atoms with Gasteiger partial charge in [0.05, 0.1) is 36.2 Å². The van der Waals surface area contributed by atoms with Crippen molar-refractivity contribution in [2.75, 3.05) is 17.6 Å². The Balaban J connectivity index is 2.74. The van der Waals surface area contributed by atoms with Gasteiger partial charge in [-0.1, -0.05) is 46.8 Å². The molecule has 0 bridgehead atoms. The lowest BCUT2D eigenvalue weighted by molar-refractivity contribution is 0.230. The molecular formula is C26H37FN4O3SSi. The van der Waals surface area contributed by atoms with Crippen LogP contribution in [0.2, 0.25) is 18.1 Å². The highest BCUT2D eigenvalue weighted by Gasteiger charge is 2.38. The SMILES string of the molecule is CC(C)c1nc(N(C)S(C)(=O)=O)nc(-c2ccc(F)cc2)c1/C=C/[C@H](CC#N)O[Si](C)(C)C(C)(C)C. The molecule has 0 spiro atoms. The third kappa shape index (κ3) is 7.21. The van der Waals surface area contributed by atoms with Crippen LogP contribution in [0, 0.1) is 17.1 Å². The number of hydrogen-bond acceptors (Lipinski definition) is 6. The molecule has 2 aromatic rings. The van der Waals surface area contributed by atoms with Crippen LogP contribution in [0.15, 0.2) is 30.3 Å². The van der Waals surface area contributed by atoms with Crippen molar-refractivity contribution in [3.63, 3.8) is 0 Å². The van der Waals surface area contributed by atoms with E-state index >= 15 is 0 Å². The highest BCUT2D eigenvalue weighted by molar-refractivity contribution is 7.92. The van der Waals surface area contributed by atoms with Crippen LogP contribution in [0.1, 0.15) is 58.2 Å². The average molecular weight is 533 g/mol. The summed E-state index contributed by atoms with van der Waals surface area (Å²) in [7, 11) is -4.36. The Hall–Kier alpha value is -2.61. The first-order valence-corrected chi connectivity index (χ1v) is 16.6. The van der Waals surface area contributed by atoms with Gasteiger partial charge < -0.3 is 4.43 Å². The Morgan fingerprint density at radius 2 is 1.78 bits per heavy atom. The molecule has 0 aliphatic heterocycles. The van der Waals surface area contributed by atoms with Gasteiger partial charge in [-0.3, -0.25) is 0 Å². The van der Waals surface area contributed by atoms with E-state index in [4.69, 9.17) is 4.43 Å². The molecule has 10 heteroatoms. The van der Waals surface area contributed by atoms with E-state index in [1.165, 1.54) is 19.2 Å². The van der Waals surface area contributed by atoms with E-state index in [1.54, 1.807) is 12.1 Å². The minimum atomic E-state index is -3.61. The molecule has 196 valence electrons. The van der Waals surface area contributed by atoms with Crippen LogP contribution in [0.5, 0.6) is 0 Å². The first kappa shape index (κ1) is 29.6. The normalized spacial score (nSPS) is 13.7. The van der Waals surface area contributed by atoms with Gasteiger partial charge in [0, 0.05) is 18.2 Å². The molecule has 1 aromatic carbocycles. The summed E-state index contributed by atoms with van der Waals surface area (Å²) in [6, 6.07) is 8.07. The van der Waals surface area contributed by atoms with E-state index in [9.17, 15) is 18.1 Å². The standard InChI is InChI=1S/C26H37FN4O3SSi/c1-18(2)23-22(15-14-21(16-17-28)34-36(8,9)26(3,4)5)24(19-10-12-20(27)13-11-19)30-25(29-23)31(6)35(7,32)33/h10-15,18,21H,16H2,1-9H3/b15-14+/t21-/m1/s1. The van der Waals surface area contributed by atoms with Crippen molar-refractivity contribution < 1.29 is 17.2 Å². The quantitative estimate of drug-likeness (QED) is 0.361.